The van der Waals surface area contributed by atoms with Gasteiger partial charge >= 0.3 is 6.03 Å². The van der Waals surface area contributed by atoms with Gasteiger partial charge in [0.25, 0.3) is 0 Å². The molecule has 10 nitrogen and oxygen atoms in total. The highest BCUT2D eigenvalue weighted by atomic mass is 32.2. The third-order valence-electron chi connectivity index (χ3n) is 11.7. The maximum atomic E-state index is 14.8. The number of hydrogen-bond acceptors (Lipinski definition) is 9. The van der Waals surface area contributed by atoms with Crippen LogP contribution in [0.1, 0.15) is 67.3 Å². The molecule has 4 heterocycles. The molecule has 0 bridgehead atoms. The molecule has 5 aliphatic rings. The molecule has 9 rings (SSSR count). The van der Waals surface area contributed by atoms with E-state index in [0.717, 1.165) is 78.8 Å². The minimum Gasteiger partial charge on any atom is -0.493 e. The lowest BCUT2D eigenvalue weighted by molar-refractivity contribution is -0.134. The maximum absolute atomic E-state index is 14.8. The Labute approximate surface area is 360 Å². The predicted molar refractivity (Wildman–Crippen MR) is 227 cm³/mol. The molecular weight excluding hydrogens is 831 g/mol. The van der Waals surface area contributed by atoms with Crippen molar-refractivity contribution in [3.05, 3.63) is 136 Å². The topological polar surface area (TPSA) is 107 Å². The van der Waals surface area contributed by atoms with Crippen molar-refractivity contribution in [3.63, 3.8) is 0 Å². The molecule has 1 N–H and O–H groups in total. The zero-order valence-corrected chi connectivity index (χ0v) is 35.3. The standard InChI is InChI=1S/C24H25F2N3O3S.C21H20F2N2O2S/c1-2-5-16-15-32-21-7-4-3-6-19(21)24(16)29(23(30)28-10-12-31-13-11-28)27-22(33-24)18-14-17(25)8-9-20(18)26;1-13(27)25-21(28-20(24-25)17-12-16(22)8-9-19(17)23)15(10-11-26)7-6-14-4-2-3-5-18(14)21/h3-4,6-9,14,16H,2,5,10-13,15H2,1H3;2-5,8-9,12,15,26H,6-7,10-11H2,1H3/t16-,24+;/m0./s1. The SMILES string of the molecule is CC(=O)N1N=C(c2cc(F)ccc2F)SC12c1ccccc1CCC2CCO.CCC[C@H]1COc2ccccc2[C@]12SC(c1cc(F)ccc1F)=NN2C(=O)N1CCOCC1. The number of carbonyl (C=O) groups excluding carboxylic acids is 2. The largest absolute Gasteiger partial charge is 0.493 e. The zero-order chi connectivity index (χ0) is 42.9. The third kappa shape index (κ3) is 7.80. The number of urea groups is 1. The number of aryl methyl sites for hydroxylation is 1. The van der Waals surface area contributed by atoms with Crippen LogP contribution >= 0.6 is 23.5 Å². The quantitative estimate of drug-likeness (QED) is 0.193. The summed E-state index contributed by atoms with van der Waals surface area (Å²) in [6.07, 6.45) is 3.74. The second-order valence-corrected chi connectivity index (χ2v) is 17.8. The molecule has 4 aromatic rings. The molecular formula is C45H45F4N5O5S2. The Hall–Kier alpha value is -4.90. The highest BCUT2D eigenvalue weighted by Gasteiger charge is 2.58. The van der Waals surface area contributed by atoms with E-state index in [1.807, 2.05) is 48.5 Å². The molecule has 0 aromatic heterocycles. The predicted octanol–water partition coefficient (Wildman–Crippen LogP) is 8.81. The van der Waals surface area contributed by atoms with Gasteiger partial charge in [-0.2, -0.15) is 15.2 Å². The summed E-state index contributed by atoms with van der Waals surface area (Å²) in [5, 5.41) is 22.2. The number of nitrogens with zero attached hydrogens (tertiary/aromatic N) is 5. The van der Waals surface area contributed by atoms with Crippen molar-refractivity contribution in [2.45, 2.75) is 55.7 Å². The van der Waals surface area contributed by atoms with Gasteiger partial charge < -0.3 is 19.5 Å². The zero-order valence-electron chi connectivity index (χ0n) is 33.7. The van der Waals surface area contributed by atoms with Crippen molar-refractivity contribution in [3.8, 4) is 5.75 Å². The van der Waals surface area contributed by atoms with Crippen molar-refractivity contribution >= 4 is 45.5 Å². The van der Waals surface area contributed by atoms with Gasteiger partial charge in [-0.1, -0.05) is 79.3 Å². The lowest BCUT2D eigenvalue weighted by Gasteiger charge is -2.46. The van der Waals surface area contributed by atoms with Gasteiger partial charge in [-0.25, -0.2) is 27.4 Å². The van der Waals surface area contributed by atoms with Crippen molar-refractivity contribution in [1.82, 2.24) is 14.9 Å². The molecule has 2 spiro atoms. The van der Waals surface area contributed by atoms with Crippen LogP contribution in [0.4, 0.5) is 22.4 Å². The van der Waals surface area contributed by atoms with Gasteiger partial charge in [0.05, 0.1) is 19.8 Å². The lowest BCUT2D eigenvalue weighted by atomic mass is 9.77. The number of morpholine rings is 1. The van der Waals surface area contributed by atoms with Gasteiger partial charge in [-0.05, 0) is 79.3 Å². The van der Waals surface area contributed by atoms with Crippen LogP contribution in [-0.2, 0) is 25.7 Å². The summed E-state index contributed by atoms with van der Waals surface area (Å²) in [6.45, 7) is 5.68. The molecule has 4 aromatic carbocycles. The van der Waals surface area contributed by atoms with Crippen LogP contribution in [0.25, 0.3) is 0 Å². The number of hydrazone groups is 2. The van der Waals surface area contributed by atoms with E-state index in [-0.39, 0.29) is 51.6 Å². The Morgan fingerprint density at radius 1 is 0.787 bits per heavy atom. The number of aliphatic hydroxyl groups excluding tert-OH is 1. The molecule has 2 unspecified atom stereocenters. The van der Waals surface area contributed by atoms with Crippen molar-refractivity contribution in [2.75, 3.05) is 39.5 Å². The molecule has 1 fully saturated rings. The van der Waals surface area contributed by atoms with Crippen LogP contribution in [0.15, 0.2) is 95.1 Å². The fraction of sp³-hybridized carbons (Fsp3) is 0.378. The Kier molecular flexibility index (Phi) is 12.5. The minimum atomic E-state index is -0.922. The lowest BCUT2D eigenvalue weighted by Crippen LogP contribution is -2.56. The maximum Gasteiger partial charge on any atom is 0.342 e. The summed E-state index contributed by atoms with van der Waals surface area (Å²) < 4.78 is 68.6. The monoisotopic (exact) mass is 875 g/mol. The van der Waals surface area contributed by atoms with Gasteiger partial charge in [0, 0.05) is 55.1 Å². The minimum absolute atomic E-state index is 0.0233. The number of para-hydroxylation sites is 1. The average molecular weight is 876 g/mol. The number of halogens is 4. The van der Waals surface area contributed by atoms with Crippen molar-refractivity contribution in [1.29, 1.82) is 0 Å². The smallest absolute Gasteiger partial charge is 0.342 e. The number of ether oxygens (including phenoxy) is 2. The number of rotatable bonds is 6. The van der Waals surface area contributed by atoms with Crippen LogP contribution in [0, 0.1) is 35.1 Å². The first-order valence-electron chi connectivity index (χ1n) is 20.4. The van der Waals surface area contributed by atoms with E-state index < -0.39 is 33.0 Å². The van der Waals surface area contributed by atoms with Gasteiger partial charge in [-0.15, -0.1) is 0 Å². The first kappa shape index (κ1) is 42.8. The second kappa shape index (κ2) is 17.8. The van der Waals surface area contributed by atoms with E-state index in [1.165, 1.54) is 40.5 Å². The first-order chi connectivity index (χ1) is 29.5. The van der Waals surface area contributed by atoms with Crippen molar-refractivity contribution < 1.29 is 41.7 Å². The number of fused-ring (bicyclic) bond motifs is 4. The van der Waals surface area contributed by atoms with Gasteiger partial charge in [-0.3, -0.25) is 4.79 Å². The Morgan fingerprint density at radius 3 is 2.00 bits per heavy atom. The summed E-state index contributed by atoms with van der Waals surface area (Å²) in [4.78, 5) is 26.3. The summed E-state index contributed by atoms with van der Waals surface area (Å²) in [5.74, 6) is -2.05. The molecule has 0 radical (unpaired) electrons. The summed E-state index contributed by atoms with van der Waals surface area (Å²) in [7, 11) is 0. The van der Waals surface area contributed by atoms with E-state index in [2.05, 4.69) is 17.1 Å². The Bertz CT molecular complexity index is 2380. The fourth-order valence-electron chi connectivity index (χ4n) is 8.89. The van der Waals surface area contributed by atoms with Gasteiger partial charge in [0.1, 0.15) is 44.0 Å². The number of thioether (sulfide) groups is 2. The highest BCUT2D eigenvalue weighted by Crippen LogP contribution is 2.59. The van der Waals surface area contributed by atoms with Crippen LogP contribution in [-0.4, -0.2) is 81.6 Å². The number of benzene rings is 4. The number of carbonyl (C=O) groups is 2. The highest BCUT2D eigenvalue weighted by molar-refractivity contribution is 8.15. The number of hydrogen-bond donors (Lipinski definition) is 1. The molecule has 1 aliphatic carbocycles. The van der Waals surface area contributed by atoms with E-state index in [0.29, 0.717) is 45.1 Å². The van der Waals surface area contributed by atoms with Crippen LogP contribution in [0.2, 0.25) is 0 Å². The second-order valence-electron chi connectivity index (χ2n) is 15.4. The Morgan fingerprint density at radius 2 is 1.38 bits per heavy atom. The van der Waals surface area contributed by atoms with Crippen LogP contribution in [0.3, 0.4) is 0 Å². The van der Waals surface area contributed by atoms with E-state index in [4.69, 9.17) is 9.47 Å². The molecule has 3 amide bonds. The molecule has 61 heavy (non-hydrogen) atoms. The average Bonchev–Trinajstić information content (AvgIpc) is 3.87. The molecule has 4 aliphatic heterocycles. The molecule has 320 valence electrons. The normalized spacial score (nSPS) is 24.1. The van der Waals surface area contributed by atoms with Crippen molar-refractivity contribution in [2.24, 2.45) is 22.0 Å². The Balaban J connectivity index is 0.000000171. The van der Waals surface area contributed by atoms with E-state index in [9.17, 15) is 32.3 Å². The molecule has 16 heteroatoms. The molecule has 0 saturated carbocycles. The summed E-state index contributed by atoms with van der Waals surface area (Å²) in [5.41, 5.74) is 2.95. The fourth-order valence-corrected chi connectivity index (χ4v) is 12.1. The summed E-state index contributed by atoms with van der Waals surface area (Å²) >= 11 is 2.59. The molecule has 4 atom stereocenters. The first-order valence-corrected chi connectivity index (χ1v) is 22.0. The van der Waals surface area contributed by atoms with Gasteiger partial charge in [0.2, 0.25) is 5.91 Å². The van der Waals surface area contributed by atoms with E-state index in [1.54, 1.807) is 4.90 Å². The third-order valence-corrected chi connectivity index (χ3v) is 14.8. The van der Waals surface area contributed by atoms with Crippen LogP contribution < -0.4 is 4.74 Å². The summed E-state index contributed by atoms with van der Waals surface area (Å²) in [6, 6.07) is 21.7. The van der Waals surface area contributed by atoms with E-state index >= 15 is 0 Å². The molecule has 1 saturated heterocycles. The number of aliphatic hydroxyl groups is 1. The van der Waals surface area contributed by atoms with Crippen LogP contribution in [0.5, 0.6) is 5.75 Å². The van der Waals surface area contributed by atoms with Gasteiger partial charge in [0.15, 0.2) is 4.87 Å². The number of amides is 3.